The van der Waals surface area contributed by atoms with Crippen LogP contribution in [-0.2, 0) is 4.79 Å². The molecular weight excluding hydrogens is 192 g/mol. The predicted molar refractivity (Wildman–Crippen MR) is 56.3 cm³/mol. The highest BCUT2D eigenvalue weighted by Crippen LogP contribution is 2.30. The summed E-state index contributed by atoms with van der Waals surface area (Å²) in [5.41, 5.74) is -0.667. The summed E-state index contributed by atoms with van der Waals surface area (Å²) in [5, 5.41) is 2.79. The van der Waals surface area contributed by atoms with Crippen LogP contribution < -0.4 is 5.32 Å². The topological polar surface area (TPSA) is 49.4 Å². The summed E-state index contributed by atoms with van der Waals surface area (Å²) < 4.78 is 0. The molecule has 1 unspecified atom stereocenters. The number of nitrogens with zero attached hydrogens (tertiary/aromatic N) is 1. The van der Waals surface area contributed by atoms with E-state index in [1.54, 1.807) is 0 Å². The molecule has 2 aliphatic rings. The number of rotatable bonds is 2. The zero-order valence-corrected chi connectivity index (χ0v) is 9.38. The summed E-state index contributed by atoms with van der Waals surface area (Å²) in [6.07, 6.45) is 4.85. The van der Waals surface area contributed by atoms with Gasteiger partial charge in [-0.1, -0.05) is 19.8 Å². The van der Waals surface area contributed by atoms with Gasteiger partial charge in [-0.2, -0.15) is 0 Å². The number of hydrogen-bond donors (Lipinski definition) is 1. The average Bonchev–Trinajstić information content (AvgIpc) is 2.76. The van der Waals surface area contributed by atoms with Gasteiger partial charge in [0.1, 0.15) is 5.54 Å². The van der Waals surface area contributed by atoms with Gasteiger partial charge in [-0.3, -0.25) is 9.69 Å². The Kier molecular flexibility index (Phi) is 2.44. The van der Waals surface area contributed by atoms with E-state index in [4.69, 9.17) is 0 Å². The molecule has 15 heavy (non-hydrogen) atoms. The van der Waals surface area contributed by atoms with Gasteiger partial charge in [-0.15, -0.1) is 0 Å². The number of urea groups is 1. The normalized spacial score (nSPS) is 32.5. The summed E-state index contributed by atoms with van der Waals surface area (Å²) in [4.78, 5) is 25.3. The molecule has 2 fully saturated rings. The van der Waals surface area contributed by atoms with Crippen molar-refractivity contribution in [2.24, 2.45) is 0 Å². The molecule has 0 aromatic rings. The molecule has 1 saturated carbocycles. The van der Waals surface area contributed by atoms with Crippen LogP contribution in [0.5, 0.6) is 0 Å². The van der Waals surface area contributed by atoms with Crippen molar-refractivity contribution in [3.05, 3.63) is 0 Å². The molecule has 1 aliphatic heterocycles. The van der Waals surface area contributed by atoms with E-state index in [0.29, 0.717) is 6.42 Å². The summed E-state index contributed by atoms with van der Waals surface area (Å²) >= 11 is 0. The molecule has 0 bridgehead atoms. The van der Waals surface area contributed by atoms with Crippen LogP contribution in [0.2, 0.25) is 0 Å². The summed E-state index contributed by atoms with van der Waals surface area (Å²) in [6, 6.07) is -0.0536. The minimum Gasteiger partial charge on any atom is -0.323 e. The fourth-order valence-corrected chi connectivity index (χ4v) is 2.44. The number of carbonyl (C=O) groups excluding carboxylic acids is 2. The van der Waals surface area contributed by atoms with Gasteiger partial charge in [0.15, 0.2) is 0 Å². The zero-order chi connectivity index (χ0) is 11.1. The summed E-state index contributed by atoms with van der Waals surface area (Å²) in [7, 11) is 0. The van der Waals surface area contributed by atoms with E-state index in [-0.39, 0.29) is 18.0 Å². The molecule has 84 valence electrons. The van der Waals surface area contributed by atoms with Crippen molar-refractivity contribution >= 4 is 11.9 Å². The first-order chi connectivity index (χ1) is 7.08. The smallest absolute Gasteiger partial charge is 0.323 e. The van der Waals surface area contributed by atoms with Crippen molar-refractivity contribution in [2.75, 3.05) is 0 Å². The maximum atomic E-state index is 12.1. The van der Waals surface area contributed by atoms with Crippen molar-refractivity contribution < 1.29 is 9.59 Å². The highest BCUT2D eigenvalue weighted by atomic mass is 16.2. The Bertz CT molecular complexity index is 297. The number of amides is 3. The average molecular weight is 210 g/mol. The van der Waals surface area contributed by atoms with Gasteiger partial charge in [-0.05, 0) is 26.2 Å². The van der Waals surface area contributed by atoms with Crippen LogP contribution in [0.25, 0.3) is 0 Å². The van der Waals surface area contributed by atoms with Crippen LogP contribution in [0, 0.1) is 0 Å². The van der Waals surface area contributed by atoms with Gasteiger partial charge in [0.25, 0.3) is 5.91 Å². The number of carbonyl (C=O) groups is 2. The zero-order valence-electron chi connectivity index (χ0n) is 9.38. The molecule has 1 saturated heterocycles. The number of imide groups is 1. The largest absolute Gasteiger partial charge is 0.325 e. The Morgan fingerprint density at radius 2 is 2.00 bits per heavy atom. The maximum Gasteiger partial charge on any atom is 0.325 e. The third-order valence-electron chi connectivity index (χ3n) is 3.69. The lowest BCUT2D eigenvalue weighted by atomic mass is 9.99. The molecule has 0 spiro atoms. The van der Waals surface area contributed by atoms with Gasteiger partial charge in [-0.25, -0.2) is 4.79 Å². The molecule has 0 radical (unpaired) electrons. The minimum absolute atomic E-state index is 0.0399. The monoisotopic (exact) mass is 210 g/mol. The van der Waals surface area contributed by atoms with Crippen molar-refractivity contribution in [1.29, 1.82) is 0 Å². The van der Waals surface area contributed by atoms with Crippen LogP contribution in [0.1, 0.15) is 46.0 Å². The molecule has 3 amide bonds. The fraction of sp³-hybridized carbons (Fsp3) is 0.818. The van der Waals surface area contributed by atoms with Crippen LogP contribution >= 0.6 is 0 Å². The van der Waals surface area contributed by atoms with Crippen LogP contribution in [0.3, 0.4) is 0 Å². The Balaban J connectivity index is 2.19. The Labute approximate surface area is 90.0 Å². The second-order valence-corrected chi connectivity index (χ2v) is 4.73. The SMILES string of the molecule is CCC1(C)NC(=O)N(C2CCCC2)C1=O. The van der Waals surface area contributed by atoms with Gasteiger partial charge >= 0.3 is 6.03 Å². The van der Waals surface area contributed by atoms with Gasteiger partial charge in [0.05, 0.1) is 0 Å². The molecule has 0 aromatic carbocycles. The molecule has 1 heterocycles. The lowest BCUT2D eigenvalue weighted by Crippen LogP contribution is -2.44. The second-order valence-electron chi connectivity index (χ2n) is 4.73. The van der Waals surface area contributed by atoms with Gasteiger partial charge < -0.3 is 5.32 Å². The highest BCUT2D eigenvalue weighted by molar-refractivity contribution is 6.07. The Morgan fingerprint density at radius 1 is 1.40 bits per heavy atom. The van der Waals surface area contributed by atoms with Crippen molar-refractivity contribution in [1.82, 2.24) is 10.2 Å². The molecule has 0 aromatic heterocycles. The lowest BCUT2D eigenvalue weighted by molar-refractivity contribution is -0.132. The van der Waals surface area contributed by atoms with Crippen molar-refractivity contribution in [2.45, 2.75) is 57.5 Å². The Hall–Kier alpha value is -1.06. The Morgan fingerprint density at radius 3 is 2.47 bits per heavy atom. The van der Waals surface area contributed by atoms with E-state index in [0.717, 1.165) is 25.7 Å². The third kappa shape index (κ3) is 1.52. The summed E-state index contributed by atoms with van der Waals surface area (Å²) in [5.74, 6) is -0.0399. The standard InChI is InChI=1S/C11H18N2O2/c1-3-11(2)9(14)13(10(15)12-11)8-6-4-5-7-8/h8H,3-7H2,1-2H3,(H,12,15). The van der Waals surface area contributed by atoms with E-state index < -0.39 is 5.54 Å². The highest BCUT2D eigenvalue weighted by Gasteiger charge is 2.49. The summed E-state index contributed by atoms with van der Waals surface area (Å²) in [6.45, 7) is 3.73. The van der Waals surface area contributed by atoms with E-state index in [1.165, 1.54) is 4.90 Å². The number of hydrogen-bond acceptors (Lipinski definition) is 2. The maximum absolute atomic E-state index is 12.1. The van der Waals surface area contributed by atoms with Crippen LogP contribution in [-0.4, -0.2) is 28.4 Å². The van der Waals surface area contributed by atoms with E-state index in [1.807, 2.05) is 13.8 Å². The van der Waals surface area contributed by atoms with Crippen molar-refractivity contribution in [3.8, 4) is 0 Å². The van der Waals surface area contributed by atoms with E-state index >= 15 is 0 Å². The molecule has 1 aliphatic carbocycles. The molecule has 1 atom stereocenters. The first kappa shape index (κ1) is 10.5. The quantitative estimate of drug-likeness (QED) is 0.704. The van der Waals surface area contributed by atoms with Crippen LogP contribution in [0.4, 0.5) is 4.79 Å². The first-order valence-corrected chi connectivity index (χ1v) is 5.74. The third-order valence-corrected chi connectivity index (χ3v) is 3.69. The number of nitrogens with one attached hydrogen (secondary N) is 1. The molecular formula is C11H18N2O2. The fourth-order valence-electron chi connectivity index (χ4n) is 2.44. The molecule has 2 rings (SSSR count). The van der Waals surface area contributed by atoms with E-state index in [9.17, 15) is 9.59 Å². The lowest BCUT2D eigenvalue weighted by Gasteiger charge is -2.23. The molecule has 4 heteroatoms. The van der Waals surface area contributed by atoms with Gasteiger partial charge in [0, 0.05) is 6.04 Å². The second kappa shape index (κ2) is 3.51. The predicted octanol–water partition coefficient (Wildman–Crippen LogP) is 1.65. The molecule has 4 nitrogen and oxygen atoms in total. The molecule has 1 N–H and O–H groups in total. The van der Waals surface area contributed by atoms with Crippen molar-refractivity contribution in [3.63, 3.8) is 0 Å². The van der Waals surface area contributed by atoms with Gasteiger partial charge in [0.2, 0.25) is 0 Å². The minimum atomic E-state index is -0.667. The first-order valence-electron chi connectivity index (χ1n) is 5.74. The van der Waals surface area contributed by atoms with E-state index in [2.05, 4.69) is 5.32 Å². The van der Waals surface area contributed by atoms with Crippen LogP contribution in [0.15, 0.2) is 0 Å².